The van der Waals surface area contributed by atoms with Crippen LogP contribution in [0.15, 0.2) is 65.6 Å². The maximum absolute atomic E-state index is 13.4. The summed E-state index contributed by atoms with van der Waals surface area (Å²) in [7, 11) is -6.17. The minimum atomic E-state index is -3.81. The summed E-state index contributed by atoms with van der Waals surface area (Å²) in [6.45, 7) is 1.11. The van der Waals surface area contributed by atoms with Gasteiger partial charge in [-0.3, -0.25) is 13.9 Å². The fourth-order valence-electron chi connectivity index (χ4n) is 4.74. The molecule has 48 heavy (non-hydrogen) atoms. The van der Waals surface area contributed by atoms with Gasteiger partial charge in [0.2, 0.25) is 20.0 Å². The Kier molecular flexibility index (Phi) is 14.0. The van der Waals surface area contributed by atoms with Gasteiger partial charge in [0.05, 0.1) is 35.1 Å². The van der Waals surface area contributed by atoms with Crippen LogP contribution in [0.2, 0.25) is 10.0 Å². The first-order valence-corrected chi connectivity index (χ1v) is 18.4. The zero-order chi connectivity index (χ0) is 35.6. The number of carbonyl (C=O) groups excluding carboxylic acids is 1. The van der Waals surface area contributed by atoms with Crippen molar-refractivity contribution in [3.63, 3.8) is 0 Å². The van der Waals surface area contributed by atoms with Gasteiger partial charge >= 0.3 is 0 Å². The van der Waals surface area contributed by atoms with Crippen molar-refractivity contribution in [2.75, 3.05) is 67.2 Å². The molecule has 3 aromatic carbocycles. The van der Waals surface area contributed by atoms with Gasteiger partial charge in [0.1, 0.15) is 0 Å². The second-order valence-electron chi connectivity index (χ2n) is 10.7. The van der Waals surface area contributed by atoms with Crippen LogP contribution in [0.1, 0.15) is 15.9 Å². The molecule has 0 spiro atoms. The monoisotopic (exact) mass is 745 g/mol. The van der Waals surface area contributed by atoms with Crippen LogP contribution < -0.4 is 19.8 Å². The van der Waals surface area contributed by atoms with Crippen molar-refractivity contribution in [1.82, 2.24) is 9.62 Å². The normalized spacial score (nSPS) is 14.4. The molecule has 0 aliphatic carbocycles. The highest BCUT2D eigenvalue weighted by Gasteiger charge is 2.29. The Labute approximate surface area is 289 Å². The Balaban J connectivity index is 0.00000201. The van der Waals surface area contributed by atoms with Crippen LogP contribution in [0, 0.1) is 0 Å². The number of benzene rings is 3. The second-order valence-corrected chi connectivity index (χ2v) is 15.5. The van der Waals surface area contributed by atoms with E-state index in [0.717, 1.165) is 16.2 Å². The molecular weight excluding hydrogens is 709 g/mol. The number of aliphatic hydroxyl groups is 2. The minimum absolute atomic E-state index is 0.0652. The molecule has 18 heteroatoms. The summed E-state index contributed by atoms with van der Waals surface area (Å²) in [6, 6.07) is 15.6. The number of sulfonamides is 2. The van der Waals surface area contributed by atoms with Crippen LogP contribution in [0.5, 0.6) is 0 Å². The summed E-state index contributed by atoms with van der Waals surface area (Å²) in [6.07, 6.45) is 0.0696. The molecule has 1 aliphatic rings. The van der Waals surface area contributed by atoms with E-state index >= 15 is 0 Å². The van der Waals surface area contributed by atoms with Gasteiger partial charge in [-0.15, -0.1) is 0 Å². The highest BCUT2D eigenvalue weighted by molar-refractivity contribution is 7.92. The Morgan fingerprint density at radius 1 is 0.979 bits per heavy atom. The summed E-state index contributed by atoms with van der Waals surface area (Å²) in [5, 5.41) is 32.1. The van der Waals surface area contributed by atoms with E-state index in [4.69, 9.17) is 38.2 Å². The fourth-order valence-corrected chi connectivity index (χ4v) is 7.20. The van der Waals surface area contributed by atoms with E-state index in [2.05, 4.69) is 10.6 Å². The standard InChI is InChI=1S/C29H35Cl2N5O7S2.CH2O2/c1-34(44(2,40)41)28-8-3-20(17-32-18-25(38)19-37)13-27(28)29(39)33-23-4-6-26(7-5-23)45(42,43)36-11-9-35(10-12-36)24-15-21(30)14-22(31)16-24;2-1-3/h3-8,13-16,25,32,37-38H,9-12,17-19H2,1-2H3,(H,33,39);1H,(H,2,3). The molecular formula is C30H37Cl2N5O9S2. The smallest absolute Gasteiger partial charge is 0.290 e. The molecule has 1 fully saturated rings. The van der Waals surface area contributed by atoms with Gasteiger partial charge in [-0.2, -0.15) is 4.31 Å². The summed E-state index contributed by atoms with van der Waals surface area (Å²) in [4.78, 5) is 23.8. The molecule has 1 amide bonds. The van der Waals surface area contributed by atoms with Gasteiger partial charge in [0.15, 0.2) is 0 Å². The van der Waals surface area contributed by atoms with Gasteiger partial charge < -0.3 is 30.9 Å². The first kappa shape index (κ1) is 39.0. The molecule has 1 aliphatic heterocycles. The summed E-state index contributed by atoms with van der Waals surface area (Å²) in [5.41, 5.74) is 1.98. The number of nitrogens with zero attached hydrogens (tertiary/aromatic N) is 3. The molecule has 3 aromatic rings. The molecule has 0 aromatic heterocycles. The zero-order valence-electron chi connectivity index (χ0n) is 26.1. The molecule has 0 radical (unpaired) electrons. The average molecular weight is 747 g/mol. The Morgan fingerprint density at radius 2 is 1.56 bits per heavy atom. The van der Waals surface area contributed by atoms with Crippen molar-refractivity contribution in [1.29, 1.82) is 0 Å². The van der Waals surface area contributed by atoms with Gasteiger partial charge in [-0.25, -0.2) is 16.8 Å². The third-order valence-electron chi connectivity index (χ3n) is 7.26. The number of amides is 1. The minimum Gasteiger partial charge on any atom is -0.483 e. The van der Waals surface area contributed by atoms with Gasteiger partial charge in [0, 0.05) is 67.7 Å². The van der Waals surface area contributed by atoms with Crippen LogP contribution in [0.4, 0.5) is 17.1 Å². The SMILES string of the molecule is CN(c1ccc(CNCC(O)CO)cc1C(=O)Nc1ccc(S(=O)(=O)N2CCN(c3cc(Cl)cc(Cl)c3)CC2)cc1)S(C)(=O)=O.O=CO. The van der Waals surface area contributed by atoms with E-state index in [1.54, 1.807) is 24.3 Å². The molecule has 1 heterocycles. The first-order chi connectivity index (χ1) is 22.6. The Hall–Kier alpha value is -3.48. The van der Waals surface area contributed by atoms with Crippen molar-refractivity contribution >= 4 is 72.7 Å². The highest BCUT2D eigenvalue weighted by atomic mass is 35.5. The maximum atomic E-state index is 13.4. The van der Waals surface area contributed by atoms with E-state index in [1.807, 2.05) is 4.90 Å². The maximum Gasteiger partial charge on any atom is 0.290 e. The van der Waals surface area contributed by atoms with Crippen molar-refractivity contribution < 1.29 is 41.7 Å². The summed E-state index contributed by atoms with van der Waals surface area (Å²) in [5.74, 6) is -0.606. The number of halogens is 2. The molecule has 0 bridgehead atoms. The van der Waals surface area contributed by atoms with Crippen molar-refractivity contribution in [2.45, 2.75) is 17.5 Å². The van der Waals surface area contributed by atoms with Gasteiger partial charge in [-0.05, 0) is 60.2 Å². The molecule has 5 N–H and O–H groups in total. The topological polar surface area (TPSA) is 197 Å². The van der Waals surface area contributed by atoms with Crippen molar-refractivity contribution in [3.05, 3.63) is 81.8 Å². The summed E-state index contributed by atoms with van der Waals surface area (Å²) < 4.78 is 53.7. The number of anilines is 3. The molecule has 1 saturated heterocycles. The molecule has 4 rings (SSSR count). The largest absolute Gasteiger partial charge is 0.483 e. The zero-order valence-corrected chi connectivity index (χ0v) is 29.2. The van der Waals surface area contributed by atoms with E-state index in [-0.39, 0.29) is 48.8 Å². The Bertz CT molecular complexity index is 1770. The fraction of sp³-hybridized carbons (Fsp3) is 0.333. The first-order valence-electron chi connectivity index (χ1n) is 14.4. The second kappa shape index (κ2) is 17.3. The number of carboxylic acid groups (broad SMARTS) is 1. The number of aliphatic hydroxyl groups excluding tert-OH is 2. The Morgan fingerprint density at radius 3 is 2.10 bits per heavy atom. The quantitative estimate of drug-likeness (QED) is 0.171. The van der Waals surface area contributed by atoms with Crippen LogP contribution in [-0.2, 0) is 31.4 Å². The number of hydrogen-bond acceptors (Lipinski definition) is 10. The number of rotatable bonds is 12. The predicted molar refractivity (Wildman–Crippen MR) is 185 cm³/mol. The van der Waals surface area contributed by atoms with E-state index < -0.39 is 38.7 Å². The lowest BCUT2D eigenvalue weighted by Gasteiger charge is -2.35. The lowest BCUT2D eigenvalue weighted by molar-refractivity contribution is -0.122. The van der Waals surface area contributed by atoms with Gasteiger partial charge in [0.25, 0.3) is 12.4 Å². The predicted octanol–water partition coefficient (Wildman–Crippen LogP) is 2.30. The van der Waals surface area contributed by atoms with Crippen LogP contribution in [-0.4, -0.2) is 108 Å². The molecule has 262 valence electrons. The molecule has 0 saturated carbocycles. The lowest BCUT2D eigenvalue weighted by Crippen LogP contribution is -2.48. The third kappa shape index (κ3) is 10.5. The van der Waals surface area contributed by atoms with E-state index in [9.17, 15) is 26.7 Å². The van der Waals surface area contributed by atoms with E-state index in [0.29, 0.717) is 34.4 Å². The van der Waals surface area contributed by atoms with E-state index in [1.165, 1.54) is 47.8 Å². The average Bonchev–Trinajstić information content (AvgIpc) is 3.04. The number of carbonyl (C=O) groups is 2. The number of hydrogen-bond donors (Lipinski definition) is 5. The number of nitrogens with one attached hydrogen (secondary N) is 2. The summed E-state index contributed by atoms with van der Waals surface area (Å²) >= 11 is 12.2. The number of piperazine rings is 1. The lowest BCUT2D eigenvalue weighted by atomic mass is 10.1. The molecule has 14 nitrogen and oxygen atoms in total. The molecule has 1 atom stereocenters. The highest BCUT2D eigenvalue weighted by Crippen LogP contribution is 2.28. The van der Waals surface area contributed by atoms with Crippen LogP contribution in [0.25, 0.3) is 0 Å². The molecule has 1 unspecified atom stereocenters. The van der Waals surface area contributed by atoms with Crippen molar-refractivity contribution in [3.8, 4) is 0 Å². The third-order valence-corrected chi connectivity index (χ3v) is 10.8. The van der Waals surface area contributed by atoms with Crippen LogP contribution in [0.3, 0.4) is 0 Å². The van der Waals surface area contributed by atoms with Crippen molar-refractivity contribution in [2.24, 2.45) is 0 Å². The van der Waals surface area contributed by atoms with Crippen LogP contribution >= 0.6 is 23.2 Å². The van der Waals surface area contributed by atoms with Gasteiger partial charge in [-0.1, -0.05) is 29.3 Å².